The number of rotatable bonds is 4. The molecule has 2 rings (SSSR count). The number of amides is 1. The van der Waals surface area contributed by atoms with Crippen molar-refractivity contribution in [1.29, 1.82) is 0 Å². The van der Waals surface area contributed by atoms with Gasteiger partial charge >= 0.3 is 6.18 Å². The molecule has 2 heterocycles. The predicted molar refractivity (Wildman–Crippen MR) is 82.1 cm³/mol. The molecule has 1 aromatic rings. The van der Waals surface area contributed by atoms with Crippen LogP contribution in [0.2, 0.25) is 0 Å². The quantitative estimate of drug-likeness (QED) is 0.871. The van der Waals surface area contributed by atoms with E-state index in [2.05, 4.69) is 20.8 Å². The van der Waals surface area contributed by atoms with Gasteiger partial charge in [-0.3, -0.25) is 10.1 Å². The van der Waals surface area contributed by atoms with Gasteiger partial charge in [0, 0.05) is 18.5 Å². The van der Waals surface area contributed by atoms with Gasteiger partial charge in [-0.1, -0.05) is 0 Å². The van der Waals surface area contributed by atoms with Gasteiger partial charge in [0.15, 0.2) is 0 Å². The molecule has 24 heavy (non-hydrogen) atoms. The van der Waals surface area contributed by atoms with Crippen LogP contribution < -0.4 is 10.6 Å². The lowest BCUT2D eigenvalue weighted by atomic mass is 9.99. The van der Waals surface area contributed by atoms with E-state index in [1.54, 1.807) is 6.92 Å². The van der Waals surface area contributed by atoms with Gasteiger partial charge < -0.3 is 9.88 Å². The second-order valence-corrected chi connectivity index (χ2v) is 7.26. The summed E-state index contributed by atoms with van der Waals surface area (Å²) in [6.45, 7) is 7.37. The molecule has 9 heteroatoms. The average Bonchev–Trinajstić information content (AvgIpc) is 2.84. The fourth-order valence-corrected chi connectivity index (χ4v) is 2.60. The summed E-state index contributed by atoms with van der Waals surface area (Å²) in [7, 11) is 0. The Morgan fingerprint density at radius 2 is 2.00 bits per heavy atom. The van der Waals surface area contributed by atoms with Gasteiger partial charge in [0.1, 0.15) is 11.6 Å². The average molecular weight is 347 g/mol. The summed E-state index contributed by atoms with van der Waals surface area (Å²) in [5.41, 5.74) is -0.346. The van der Waals surface area contributed by atoms with Crippen LogP contribution in [0.25, 0.3) is 0 Å². The number of aryl methyl sites for hydroxylation is 1. The maximum Gasteiger partial charge on any atom is 0.393 e. The highest BCUT2D eigenvalue weighted by molar-refractivity contribution is 5.81. The molecule has 1 amide bonds. The fourth-order valence-electron chi connectivity index (χ4n) is 2.60. The number of fused-ring (bicyclic) bond motifs is 1. The smallest absolute Gasteiger partial charge is 0.350 e. The van der Waals surface area contributed by atoms with Crippen LogP contribution in [0.15, 0.2) is 0 Å². The van der Waals surface area contributed by atoms with Crippen LogP contribution in [0.5, 0.6) is 0 Å². The molecule has 2 N–H and O–H groups in total. The van der Waals surface area contributed by atoms with E-state index in [-0.39, 0.29) is 37.4 Å². The fraction of sp³-hybridized carbons (Fsp3) is 0.800. The minimum Gasteiger partial charge on any atom is -0.350 e. The molecule has 0 aromatic carbocycles. The molecule has 0 saturated heterocycles. The Labute approximate surface area is 139 Å². The van der Waals surface area contributed by atoms with E-state index in [1.807, 2.05) is 20.8 Å². The van der Waals surface area contributed by atoms with Crippen molar-refractivity contribution in [1.82, 2.24) is 25.4 Å². The van der Waals surface area contributed by atoms with Gasteiger partial charge in [-0.2, -0.15) is 13.2 Å². The van der Waals surface area contributed by atoms with E-state index < -0.39 is 18.1 Å². The van der Waals surface area contributed by atoms with Gasteiger partial charge in [-0.05, 0) is 34.1 Å². The number of carbonyl (C=O) groups is 1. The van der Waals surface area contributed by atoms with Crippen molar-refractivity contribution in [2.45, 2.75) is 71.4 Å². The Balaban J connectivity index is 1.98. The number of halogens is 3. The maximum atomic E-state index is 12.9. The van der Waals surface area contributed by atoms with Crippen LogP contribution in [0, 0.1) is 5.92 Å². The Morgan fingerprint density at radius 1 is 1.33 bits per heavy atom. The highest BCUT2D eigenvalue weighted by Crippen LogP contribution is 2.34. The first-order chi connectivity index (χ1) is 11.0. The summed E-state index contributed by atoms with van der Waals surface area (Å²) in [4.78, 5) is 12.0. The molecule has 1 aromatic heterocycles. The number of hydrogen-bond acceptors (Lipinski definition) is 4. The second-order valence-electron chi connectivity index (χ2n) is 7.26. The summed E-state index contributed by atoms with van der Waals surface area (Å²) >= 11 is 0. The SMILES string of the molecule is C[C@H](NCc1nnc2n1C[C@@H](C(F)(F)F)CC2)C(=O)NC(C)(C)C. The van der Waals surface area contributed by atoms with Crippen LogP contribution in [0.4, 0.5) is 13.2 Å². The zero-order chi connectivity index (χ0) is 18.1. The molecule has 0 unspecified atom stereocenters. The zero-order valence-electron chi connectivity index (χ0n) is 14.4. The first-order valence-electron chi connectivity index (χ1n) is 8.00. The molecule has 0 spiro atoms. The van der Waals surface area contributed by atoms with Gasteiger partial charge in [0.05, 0.1) is 18.5 Å². The molecule has 136 valence electrons. The van der Waals surface area contributed by atoms with Crippen LogP contribution in [-0.4, -0.2) is 38.4 Å². The predicted octanol–water partition coefficient (Wildman–Crippen LogP) is 1.80. The molecular weight excluding hydrogens is 323 g/mol. The number of carbonyl (C=O) groups excluding carboxylic acids is 1. The summed E-state index contributed by atoms with van der Waals surface area (Å²) in [5.74, 6) is -0.552. The Morgan fingerprint density at radius 3 is 2.58 bits per heavy atom. The highest BCUT2D eigenvalue weighted by Gasteiger charge is 2.42. The van der Waals surface area contributed by atoms with Crippen molar-refractivity contribution >= 4 is 5.91 Å². The monoisotopic (exact) mass is 347 g/mol. The Bertz CT molecular complexity index is 591. The third-order valence-corrected chi connectivity index (χ3v) is 3.94. The van der Waals surface area contributed by atoms with Gasteiger partial charge in [-0.15, -0.1) is 10.2 Å². The molecule has 1 aliphatic heterocycles. The standard InChI is InChI=1S/C15H24F3N5O/c1-9(13(24)20-14(2,3)4)19-7-12-22-21-11-6-5-10(8-23(11)12)15(16,17)18/h9-10,19H,5-8H2,1-4H3,(H,20,24)/t9-,10-/m0/s1. The van der Waals surface area contributed by atoms with Crippen LogP contribution in [0.1, 0.15) is 45.8 Å². The number of alkyl halides is 3. The first kappa shape index (κ1) is 18.7. The van der Waals surface area contributed by atoms with E-state index in [9.17, 15) is 18.0 Å². The van der Waals surface area contributed by atoms with E-state index in [1.165, 1.54) is 4.57 Å². The van der Waals surface area contributed by atoms with E-state index in [4.69, 9.17) is 0 Å². The largest absolute Gasteiger partial charge is 0.393 e. The zero-order valence-corrected chi connectivity index (χ0v) is 14.4. The highest BCUT2D eigenvalue weighted by atomic mass is 19.4. The van der Waals surface area contributed by atoms with Crippen molar-refractivity contribution in [2.75, 3.05) is 0 Å². The van der Waals surface area contributed by atoms with Crippen LogP contribution in [-0.2, 0) is 24.3 Å². The lowest BCUT2D eigenvalue weighted by Crippen LogP contribution is -2.49. The lowest BCUT2D eigenvalue weighted by Gasteiger charge is -2.26. The summed E-state index contributed by atoms with van der Waals surface area (Å²) in [6.07, 6.45) is -3.91. The summed E-state index contributed by atoms with van der Waals surface area (Å²) < 4.78 is 40.3. The molecule has 0 aliphatic carbocycles. The van der Waals surface area contributed by atoms with Crippen molar-refractivity contribution in [3.63, 3.8) is 0 Å². The molecule has 6 nitrogen and oxygen atoms in total. The molecule has 0 saturated carbocycles. The minimum absolute atomic E-state index is 0.0411. The topological polar surface area (TPSA) is 71.8 Å². The number of aromatic nitrogens is 3. The summed E-state index contributed by atoms with van der Waals surface area (Å²) in [6, 6.07) is -0.487. The van der Waals surface area contributed by atoms with Crippen molar-refractivity contribution in [2.24, 2.45) is 5.92 Å². The molecular formula is C15H24F3N5O. The first-order valence-corrected chi connectivity index (χ1v) is 8.00. The van der Waals surface area contributed by atoms with E-state index in [0.29, 0.717) is 11.6 Å². The molecule has 2 atom stereocenters. The normalized spacial score (nSPS) is 19.7. The second kappa shape index (κ2) is 6.70. The van der Waals surface area contributed by atoms with Crippen molar-refractivity contribution < 1.29 is 18.0 Å². The molecule has 0 radical (unpaired) electrons. The van der Waals surface area contributed by atoms with E-state index >= 15 is 0 Å². The molecule has 0 bridgehead atoms. The van der Waals surface area contributed by atoms with Crippen molar-refractivity contribution in [3.8, 4) is 0 Å². The van der Waals surface area contributed by atoms with Gasteiger partial charge in [0.25, 0.3) is 0 Å². The van der Waals surface area contributed by atoms with Crippen LogP contribution >= 0.6 is 0 Å². The number of nitrogens with zero attached hydrogens (tertiary/aromatic N) is 3. The van der Waals surface area contributed by atoms with Gasteiger partial charge in [0.2, 0.25) is 5.91 Å². The van der Waals surface area contributed by atoms with Crippen LogP contribution in [0.3, 0.4) is 0 Å². The number of hydrogen-bond donors (Lipinski definition) is 2. The molecule has 0 fully saturated rings. The third kappa shape index (κ3) is 4.68. The van der Waals surface area contributed by atoms with Crippen molar-refractivity contribution in [3.05, 3.63) is 11.6 Å². The Kier molecular flexibility index (Phi) is 5.22. The molecule has 1 aliphatic rings. The number of nitrogens with one attached hydrogen (secondary N) is 2. The lowest BCUT2D eigenvalue weighted by molar-refractivity contribution is -0.182. The Hall–Kier alpha value is -1.64. The van der Waals surface area contributed by atoms with Gasteiger partial charge in [-0.25, -0.2) is 0 Å². The maximum absolute atomic E-state index is 12.9. The summed E-state index contributed by atoms with van der Waals surface area (Å²) in [5, 5.41) is 13.8. The minimum atomic E-state index is -4.22. The third-order valence-electron chi connectivity index (χ3n) is 3.94. The van der Waals surface area contributed by atoms with E-state index in [0.717, 1.165) is 0 Å².